The summed E-state index contributed by atoms with van der Waals surface area (Å²) >= 11 is 2.88. The molecule has 0 heterocycles. The van der Waals surface area contributed by atoms with Crippen LogP contribution in [0.2, 0.25) is 0 Å². The largest absolute Gasteiger partial charge is 0.473 e. The maximum absolute atomic E-state index is 8.86. The van der Waals surface area contributed by atoms with E-state index in [1.54, 1.807) is 0 Å². The molecule has 3 radical (unpaired) electrons. The molecule has 0 bridgehead atoms. The summed E-state index contributed by atoms with van der Waals surface area (Å²) in [6.07, 6.45) is 0. The third kappa shape index (κ3) is 194. The van der Waals surface area contributed by atoms with Crippen LogP contribution in [0.1, 0.15) is 0 Å². The van der Waals surface area contributed by atoms with Crippen LogP contribution in [0.3, 0.4) is 0 Å². The van der Waals surface area contributed by atoms with Crippen LogP contribution < -0.4 is 0 Å². The van der Waals surface area contributed by atoms with Crippen LogP contribution in [0, 0.1) is 0 Å². The van der Waals surface area contributed by atoms with Crippen molar-refractivity contribution in [1.29, 1.82) is 0 Å². The first-order chi connectivity index (χ1) is 1.73. The van der Waals surface area contributed by atoms with Crippen molar-refractivity contribution in [3.8, 4) is 0 Å². The first-order valence-electron chi connectivity index (χ1n) is 0.651. The van der Waals surface area contributed by atoms with Gasteiger partial charge in [-0.3, -0.25) is 0 Å². The van der Waals surface area contributed by atoms with Crippen molar-refractivity contribution in [1.82, 2.24) is 0 Å². The lowest BCUT2D eigenvalue weighted by atomic mass is 11.6. The van der Waals surface area contributed by atoms with Crippen molar-refractivity contribution in [3.05, 3.63) is 0 Å². The fourth-order valence-electron chi connectivity index (χ4n) is 0. The molecule has 0 saturated carbocycles. The van der Waals surface area contributed by atoms with Gasteiger partial charge in [-0.1, -0.05) is 12.6 Å². The lowest BCUT2D eigenvalue weighted by molar-refractivity contribution is 0.222. The summed E-state index contributed by atoms with van der Waals surface area (Å²) in [6, 6.07) is 0. The summed E-state index contributed by atoms with van der Waals surface area (Å²) in [5, 5.41) is 6.14. The number of thiol groups is 1. The van der Waals surface area contributed by atoms with Crippen molar-refractivity contribution >= 4 is 35.3 Å². The maximum atomic E-state index is 8.86. The molecule has 0 aliphatic rings. The Balaban J connectivity index is 0. The van der Waals surface area contributed by atoms with Gasteiger partial charge in [0.1, 0.15) is 0 Å². The zero-order chi connectivity index (χ0) is 3.58. The van der Waals surface area contributed by atoms with E-state index in [0.29, 0.717) is 0 Å². The predicted molar refractivity (Wildman–Crippen MR) is 22.8 cm³/mol. The van der Waals surface area contributed by atoms with E-state index in [4.69, 9.17) is 9.90 Å². The van der Waals surface area contributed by atoms with E-state index in [2.05, 4.69) is 12.6 Å². The van der Waals surface area contributed by atoms with Crippen molar-refractivity contribution in [2.45, 2.75) is 0 Å². The van der Waals surface area contributed by atoms with Crippen molar-refractivity contribution < 1.29 is 9.90 Å². The van der Waals surface area contributed by atoms with Crippen LogP contribution in [0.25, 0.3) is 0 Å². The third-order valence-electron chi connectivity index (χ3n) is 0. The smallest absolute Gasteiger partial charge is 0.361 e. The lowest BCUT2D eigenvalue weighted by Crippen LogP contribution is -1.67. The molecule has 0 atom stereocenters. The summed E-state index contributed by atoms with van der Waals surface area (Å²) in [5.41, 5.74) is 0. The topological polar surface area (TPSA) is 37.3 Å². The first kappa shape index (κ1) is 9.02. The highest BCUT2D eigenvalue weighted by atomic mass is 32.1. The molecule has 0 fully saturated rings. The maximum Gasteiger partial charge on any atom is 0.361 e. The van der Waals surface area contributed by atoms with Gasteiger partial charge in [0.05, 0.1) is 0 Å². The van der Waals surface area contributed by atoms with Gasteiger partial charge in [0.25, 0.3) is 0 Å². The quantitative estimate of drug-likeness (QED) is 0.341. The van der Waals surface area contributed by atoms with E-state index in [1.807, 2.05) is 0 Å². The molecule has 1 N–H and O–H groups in total. The SMILES string of the molecule is O=C(O)S.[Al]. The predicted octanol–water partition coefficient (Wildman–Crippen LogP) is 0.213. The van der Waals surface area contributed by atoms with Crippen molar-refractivity contribution in [3.63, 3.8) is 0 Å². The molecule has 0 saturated heterocycles. The van der Waals surface area contributed by atoms with Crippen LogP contribution in [-0.2, 0) is 0 Å². The molecule has 0 unspecified atom stereocenters. The Morgan fingerprint density at radius 1 is 1.80 bits per heavy atom. The van der Waals surface area contributed by atoms with E-state index >= 15 is 0 Å². The molecule has 27 valence electrons. The molecule has 2 nitrogen and oxygen atoms in total. The van der Waals surface area contributed by atoms with Gasteiger partial charge in [-0.05, 0) is 0 Å². The minimum atomic E-state index is -1.14. The number of carboxylic acid groups (broad SMARTS) is 1. The van der Waals surface area contributed by atoms with Crippen LogP contribution >= 0.6 is 12.6 Å². The molecule has 0 aliphatic heterocycles. The number of carbonyl (C=O) groups is 1. The second-order valence-electron chi connectivity index (χ2n) is 0.283. The zero-order valence-corrected chi connectivity index (χ0v) is 4.43. The number of hydrogen-bond donors (Lipinski definition) is 2. The highest BCUT2D eigenvalue weighted by Crippen LogP contribution is 1.66. The summed E-state index contributed by atoms with van der Waals surface area (Å²) < 4.78 is 0. The van der Waals surface area contributed by atoms with E-state index in [0.717, 1.165) is 0 Å². The van der Waals surface area contributed by atoms with Crippen LogP contribution in [0.15, 0.2) is 0 Å². The van der Waals surface area contributed by atoms with Crippen LogP contribution in [-0.4, -0.2) is 27.8 Å². The monoisotopic (exact) mass is 105 g/mol. The Morgan fingerprint density at radius 2 is 1.80 bits per heavy atom. The normalized spacial score (nSPS) is 5.00. The second-order valence-corrected chi connectivity index (χ2v) is 0.665. The minimum absolute atomic E-state index is 0. The number of rotatable bonds is 0. The molecule has 0 spiro atoms. The summed E-state index contributed by atoms with van der Waals surface area (Å²) in [7, 11) is 0. The van der Waals surface area contributed by atoms with Crippen molar-refractivity contribution in [2.24, 2.45) is 0 Å². The van der Waals surface area contributed by atoms with Gasteiger partial charge < -0.3 is 5.11 Å². The first-order valence-corrected chi connectivity index (χ1v) is 1.10. The molecule has 0 rings (SSSR count). The number of hydrogen-bond acceptors (Lipinski definition) is 1. The van der Waals surface area contributed by atoms with Gasteiger partial charge in [0, 0.05) is 17.4 Å². The second kappa shape index (κ2) is 4.35. The Morgan fingerprint density at radius 3 is 1.80 bits per heavy atom. The van der Waals surface area contributed by atoms with E-state index in [-0.39, 0.29) is 17.4 Å². The summed E-state index contributed by atoms with van der Waals surface area (Å²) in [4.78, 5) is 8.86. The Hall–Kier alpha value is 0.352. The third-order valence-corrected chi connectivity index (χ3v) is 0. The molecule has 5 heavy (non-hydrogen) atoms. The van der Waals surface area contributed by atoms with Gasteiger partial charge >= 0.3 is 5.30 Å². The fourth-order valence-corrected chi connectivity index (χ4v) is 0. The fraction of sp³-hybridized carbons (Fsp3) is 0. The summed E-state index contributed by atoms with van der Waals surface area (Å²) in [6.45, 7) is 0. The average Bonchev–Trinajstić information content (AvgIpc) is 0.811. The van der Waals surface area contributed by atoms with E-state index < -0.39 is 5.30 Å². The van der Waals surface area contributed by atoms with Gasteiger partial charge in [-0.25, -0.2) is 4.79 Å². The van der Waals surface area contributed by atoms with Gasteiger partial charge in [-0.2, -0.15) is 0 Å². The highest BCUT2D eigenvalue weighted by Gasteiger charge is 1.67. The molecule has 0 aromatic rings. The summed E-state index contributed by atoms with van der Waals surface area (Å²) in [5.74, 6) is 0. The van der Waals surface area contributed by atoms with E-state index in [9.17, 15) is 0 Å². The minimum Gasteiger partial charge on any atom is -0.473 e. The molecule has 4 heteroatoms. The van der Waals surface area contributed by atoms with Gasteiger partial charge in [0.15, 0.2) is 0 Å². The molecular weight excluding hydrogens is 103 g/mol. The average molecular weight is 105 g/mol. The lowest BCUT2D eigenvalue weighted by Gasteiger charge is -1.58. The zero-order valence-electron chi connectivity index (χ0n) is 2.38. The van der Waals surface area contributed by atoms with E-state index in [1.165, 1.54) is 0 Å². The van der Waals surface area contributed by atoms with Gasteiger partial charge in [-0.15, -0.1) is 0 Å². The van der Waals surface area contributed by atoms with Crippen LogP contribution in [0.4, 0.5) is 4.79 Å². The molecule has 0 amide bonds. The highest BCUT2D eigenvalue weighted by molar-refractivity contribution is 7.96. The standard InChI is InChI=1S/CH2O2S.Al/c2-1(3)4;/h4H,(H,2,3);. The Kier molecular flexibility index (Phi) is 7.85. The van der Waals surface area contributed by atoms with Crippen LogP contribution in [0.5, 0.6) is 0 Å². The molecule has 0 aromatic carbocycles. The molecule has 0 aromatic heterocycles. The molecular formula is CH2AlO2S. The van der Waals surface area contributed by atoms with Crippen molar-refractivity contribution in [2.75, 3.05) is 0 Å². The molecule has 0 aliphatic carbocycles. The van der Waals surface area contributed by atoms with Gasteiger partial charge in [0.2, 0.25) is 0 Å². The Labute approximate surface area is 45.7 Å². The Bertz CT molecular complexity index is 32.6.